The smallest absolute Gasteiger partial charge is 0.166 e. The summed E-state index contributed by atoms with van der Waals surface area (Å²) >= 11 is 3.22. The van der Waals surface area contributed by atoms with E-state index in [1.807, 2.05) is 12.1 Å². The third-order valence-electron chi connectivity index (χ3n) is 3.03. The van der Waals surface area contributed by atoms with Crippen molar-refractivity contribution in [1.82, 2.24) is 5.32 Å². The average molecular weight is 352 g/mol. The Morgan fingerprint density at radius 3 is 2.38 bits per heavy atom. The Bertz CT molecular complexity index is 584. The lowest BCUT2D eigenvalue weighted by Crippen LogP contribution is -2.21. The van der Waals surface area contributed by atoms with E-state index in [1.165, 1.54) is 11.6 Å². The minimum atomic E-state index is -0.359. The molecule has 0 fully saturated rings. The van der Waals surface area contributed by atoms with Crippen molar-refractivity contribution in [3.63, 3.8) is 0 Å². The van der Waals surface area contributed by atoms with Crippen molar-refractivity contribution >= 4 is 15.9 Å². The Balaban J connectivity index is 1.91. The Hall–Kier alpha value is -1.39. The number of ether oxygens (including phenoxy) is 1. The topological polar surface area (TPSA) is 21.3 Å². The fourth-order valence-corrected chi connectivity index (χ4v) is 2.16. The van der Waals surface area contributed by atoms with E-state index < -0.39 is 0 Å². The molecule has 0 aliphatic heterocycles. The van der Waals surface area contributed by atoms with Crippen molar-refractivity contribution in [2.45, 2.75) is 33.0 Å². The molecule has 0 aromatic heterocycles. The maximum atomic E-state index is 13.6. The molecule has 21 heavy (non-hydrogen) atoms. The molecule has 0 saturated heterocycles. The third-order valence-corrected chi connectivity index (χ3v) is 3.52. The summed E-state index contributed by atoms with van der Waals surface area (Å²) in [5, 5.41) is 3.37. The zero-order valence-electron chi connectivity index (χ0n) is 12.2. The molecular weight excluding hydrogens is 333 g/mol. The predicted molar refractivity (Wildman–Crippen MR) is 86.8 cm³/mol. The molecule has 1 N–H and O–H groups in total. The maximum absolute atomic E-state index is 13.6. The molecule has 4 heteroatoms. The van der Waals surface area contributed by atoms with Gasteiger partial charge in [-0.15, -0.1) is 0 Å². The molecule has 2 aromatic rings. The molecule has 0 aliphatic rings. The van der Waals surface area contributed by atoms with Crippen LogP contribution in [0.1, 0.15) is 25.0 Å². The fourth-order valence-electron chi connectivity index (χ4n) is 1.83. The standard InChI is InChI=1S/C17H19BrFNO/c1-12(2)20-10-13-3-5-14(6-4-13)11-21-17-8-7-15(18)9-16(17)19/h3-9,12,20H,10-11H2,1-2H3. The fraction of sp³-hybridized carbons (Fsp3) is 0.294. The molecule has 2 rings (SSSR count). The van der Waals surface area contributed by atoms with Gasteiger partial charge in [-0.05, 0) is 29.3 Å². The highest BCUT2D eigenvalue weighted by Crippen LogP contribution is 2.22. The van der Waals surface area contributed by atoms with Gasteiger partial charge < -0.3 is 10.1 Å². The lowest BCUT2D eigenvalue weighted by Gasteiger charge is -2.10. The second-order valence-electron chi connectivity index (χ2n) is 5.22. The summed E-state index contributed by atoms with van der Waals surface area (Å²) in [5.41, 5.74) is 2.24. The number of hydrogen-bond acceptors (Lipinski definition) is 2. The maximum Gasteiger partial charge on any atom is 0.166 e. The SMILES string of the molecule is CC(C)NCc1ccc(COc2ccc(Br)cc2F)cc1. The number of hydrogen-bond donors (Lipinski definition) is 1. The molecule has 2 nitrogen and oxygen atoms in total. The van der Waals surface area contributed by atoms with Crippen molar-refractivity contribution in [3.8, 4) is 5.75 Å². The van der Waals surface area contributed by atoms with Crippen LogP contribution < -0.4 is 10.1 Å². The summed E-state index contributed by atoms with van der Waals surface area (Å²) in [6.07, 6.45) is 0. The zero-order valence-corrected chi connectivity index (χ0v) is 13.8. The van der Waals surface area contributed by atoms with Gasteiger partial charge in [0.15, 0.2) is 11.6 Å². The normalized spacial score (nSPS) is 10.9. The summed E-state index contributed by atoms with van der Waals surface area (Å²) in [7, 11) is 0. The largest absolute Gasteiger partial charge is 0.486 e. The van der Waals surface area contributed by atoms with Crippen molar-refractivity contribution < 1.29 is 9.13 Å². The molecule has 0 atom stereocenters. The summed E-state index contributed by atoms with van der Waals surface area (Å²) in [4.78, 5) is 0. The molecule has 0 saturated carbocycles. The van der Waals surface area contributed by atoms with Crippen LogP contribution in [0.25, 0.3) is 0 Å². The van der Waals surface area contributed by atoms with Gasteiger partial charge in [-0.2, -0.15) is 0 Å². The van der Waals surface area contributed by atoms with Gasteiger partial charge in [-0.1, -0.05) is 54.0 Å². The van der Waals surface area contributed by atoms with Crippen molar-refractivity contribution in [2.75, 3.05) is 0 Å². The van der Waals surface area contributed by atoms with Crippen molar-refractivity contribution in [1.29, 1.82) is 0 Å². The lowest BCUT2D eigenvalue weighted by molar-refractivity contribution is 0.290. The first-order valence-electron chi connectivity index (χ1n) is 6.93. The quantitative estimate of drug-likeness (QED) is 0.816. The summed E-state index contributed by atoms with van der Waals surface area (Å²) in [5.74, 6) is -0.0918. The molecule has 0 bridgehead atoms. The van der Waals surface area contributed by atoms with Crippen LogP contribution in [0.2, 0.25) is 0 Å². The molecule has 0 aliphatic carbocycles. The molecular formula is C17H19BrFNO. The van der Waals surface area contributed by atoms with E-state index in [1.54, 1.807) is 12.1 Å². The monoisotopic (exact) mass is 351 g/mol. The van der Waals surface area contributed by atoms with Crippen molar-refractivity contribution in [3.05, 3.63) is 63.9 Å². The van der Waals surface area contributed by atoms with Gasteiger partial charge in [0.1, 0.15) is 6.61 Å². The van der Waals surface area contributed by atoms with E-state index in [4.69, 9.17) is 4.74 Å². The summed E-state index contributed by atoms with van der Waals surface area (Å²) in [6, 6.07) is 13.4. The van der Waals surface area contributed by atoms with E-state index in [2.05, 4.69) is 47.2 Å². The summed E-state index contributed by atoms with van der Waals surface area (Å²) < 4.78 is 19.8. The second kappa shape index (κ2) is 7.57. The van der Waals surface area contributed by atoms with Crippen LogP contribution >= 0.6 is 15.9 Å². The Labute approximate surface area is 133 Å². The van der Waals surface area contributed by atoms with Crippen molar-refractivity contribution in [2.24, 2.45) is 0 Å². The van der Waals surface area contributed by atoms with Crippen LogP contribution in [-0.4, -0.2) is 6.04 Å². The molecule has 0 spiro atoms. The minimum absolute atomic E-state index is 0.267. The Kier molecular flexibility index (Phi) is 5.76. The van der Waals surface area contributed by atoms with Crippen LogP contribution in [0.4, 0.5) is 4.39 Å². The summed E-state index contributed by atoms with van der Waals surface area (Å²) in [6.45, 7) is 5.44. The minimum Gasteiger partial charge on any atom is -0.486 e. The predicted octanol–water partition coefficient (Wildman–Crippen LogP) is 4.67. The van der Waals surface area contributed by atoms with Gasteiger partial charge in [-0.3, -0.25) is 0 Å². The van der Waals surface area contributed by atoms with Gasteiger partial charge in [0.2, 0.25) is 0 Å². The van der Waals surface area contributed by atoms with Gasteiger partial charge in [0.25, 0.3) is 0 Å². The first-order chi connectivity index (χ1) is 10.0. The van der Waals surface area contributed by atoms with E-state index in [9.17, 15) is 4.39 Å². The van der Waals surface area contributed by atoms with E-state index >= 15 is 0 Å². The number of rotatable bonds is 6. The van der Waals surface area contributed by atoms with Gasteiger partial charge >= 0.3 is 0 Å². The van der Waals surface area contributed by atoms with Crippen LogP contribution in [0.15, 0.2) is 46.9 Å². The molecule has 0 amide bonds. The number of halogens is 2. The third kappa shape index (κ3) is 5.14. The average Bonchev–Trinajstić information content (AvgIpc) is 2.45. The highest BCUT2D eigenvalue weighted by Gasteiger charge is 2.04. The van der Waals surface area contributed by atoms with Crippen LogP contribution in [0.3, 0.4) is 0 Å². The van der Waals surface area contributed by atoms with Gasteiger partial charge in [0, 0.05) is 17.1 Å². The Morgan fingerprint density at radius 1 is 1.10 bits per heavy atom. The van der Waals surface area contributed by atoms with E-state index in [0.717, 1.165) is 12.1 Å². The van der Waals surface area contributed by atoms with E-state index in [-0.39, 0.29) is 11.6 Å². The number of benzene rings is 2. The second-order valence-corrected chi connectivity index (χ2v) is 6.13. The highest BCUT2D eigenvalue weighted by molar-refractivity contribution is 9.10. The lowest BCUT2D eigenvalue weighted by atomic mass is 10.1. The van der Waals surface area contributed by atoms with Gasteiger partial charge in [-0.25, -0.2) is 4.39 Å². The first kappa shape index (κ1) is 16.0. The van der Waals surface area contributed by atoms with E-state index in [0.29, 0.717) is 17.1 Å². The Morgan fingerprint density at radius 2 is 1.76 bits per heavy atom. The first-order valence-corrected chi connectivity index (χ1v) is 7.73. The van der Waals surface area contributed by atoms with Gasteiger partial charge in [0.05, 0.1) is 0 Å². The molecule has 112 valence electrons. The van der Waals surface area contributed by atoms with Crippen LogP contribution in [0.5, 0.6) is 5.75 Å². The number of nitrogens with one attached hydrogen (secondary N) is 1. The highest BCUT2D eigenvalue weighted by atomic mass is 79.9. The van der Waals surface area contributed by atoms with Crippen LogP contribution in [-0.2, 0) is 13.2 Å². The molecule has 2 aromatic carbocycles. The van der Waals surface area contributed by atoms with Crippen LogP contribution in [0, 0.1) is 5.82 Å². The molecule has 0 unspecified atom stereocenters. The molecule has 0 heterocycles. The molecule has 0 radical (unpaired) electrons. The zero-order chi connectivity index (χ0) is 15.2.